The minimum absolute atomic E-state index is 0.228. The van der Waals surface area contributed by atoms with E-state index in [1.165, 1.54) is 11.9 Å². The molecule has 7 nitrogen and oxygen atoms in total. The number of aliphatic hydroxyl groups excluding tert-OH is 1. The van der Waals surface area contributed by atoms with Crippen molar-refractivity contribution in [2.45, 2.75) is 25.0 Å². The molecule has 2 aromatic rings. The second-order valence-corrected chi connectivity index (χ2v) is 7.78. The molecule has 150 valence electrons. The Kier molecular flexibility index (Phi) is 6.04. The van der Waals surface area contributed by atoms with E-state index in [2.05, 4.69) is 55.0 Å². The van der Waals surface area contributed by atoms with Gasteiger partial charge in [0.25, 0.3) is 0 Å². The van der Waals surface area contributed by atoms with Crippen LogP contribution in [0.3, 0.4) is 0 Å². The highest BCUT2D eigenvalue weighted by Gasteiger charge is 2.34. The number of piperidine rings is 1. The van der Waals surface area contributed by atoms with Gasteiger partial charge in [-0.15, -0.1) is 0 Å². The van der Waals surface area contributed by atoms with Gasteiger partial charge in [-0.05, 0) is 18.4 Å². The largest absolute Gasteiger partial charge is 0.390 e. The third-order valence-corrected chi connectivity index (χ3v) is 5.98. The van der Waals surface area contributed by atoms with Crippen LogP contribution in [0.4, 0.5) is 11.6 Å². The van der Waals surface area contributed by atoms with Gasteiger partial charge >= 0.3 is 0 Å². The monoisotopic (exact) mass is 382 g/mol. The maximum Gasteiger partial charge on any atom is 0.134 e. The molecule has 0 spiro atoms. The lowest BCUT2D eigenvalue weighted by Crippen LogP contribution is -2.59. The van der Waals surface area contributed by atoms with E-state index in [1.54, 1.807) is 6.07 Å². The summed E-state index contributed by atoms with van der Waals surface area (Å²) in [5.74, 6) is 1.27. The lowest BCUT2D eigenvalue weighted by Gasteiger charge is -2.45. The molecule has 2 saturated heterocycles. The second kappa shape index (κ2) is 8.86. The number of benzene rings is 1. The van der Waals surface area contributed by atoms with Crippen LogP contribution >= 0.6 is 0 Å². The summed E-state index contributed by atoms with van der Waals surface area (Å²) in [5, 5.41) is 10.8. The van der Waals surface area contributed by atoms with Crippen molar-refractivity contribution in [3.05, 3.63) is 48.3 Å². The van der Waals surface area contributed by atoms with Gasteiger partial charge in [-0.2, -0.15) is 0 Å². The highest BCUT2D eigenvalue weighted by Crippen LogP contribution is 2.23. The molecule has 0 radical (unpaired) electrons. The van der Waals surface area contributed by atoms with Gasteiger partial charge in [-0.3, -0.25) is 4.90 Å². The van der Waals surface area contributed by atoms with Gasteiger partial charge in [0.2, 0.25) is 0 Å². The number of piperazine rings is 1. The van der Waals surface area contributed by atoms with Crippen LogP contribution < -0.4 is 10.6 Å². The average Bonchev–Trinajstić information content (AvgIpc) is 2.73. The average molecular weight is 383 g/mol. The Labute approximate surface area is 166 Å². The molecule has 3 N–H and O–H groups in total. The molecule has 0 aliphatic carbocycles. The molecule has 2 aliphatic heterocycles. The number of anilines is 2. The zero-order chi connectivity index (χ0) is 19.3. The maximum atomic E-state index is 10.8. The van der Waals surface area contributed by atoms with Crippen LogP contribution in [0.5, 0.6) is 0 Å². The fraction of sp³-hybridized carbons (Fsp3) is 0.524. The van der Waals surface area contributed by atoms with Gasteiger partial charge in [0.1, 0.15) is 18.0 Å². The van der Waals surface area contributed by atoms with E-state index in [0.29, 0.717) is 12.4 Å². The molecule has 2 fully saturated rings. The first kappa shape index (κ1) is 19.1. The third kappa shape index (κ3) is 4.60. The van der Waals surface area contributed by atoms with E-state index < -0.39 is 0 Å². The topological polar surface area (TPSA) is 81.8 Å². The molecular formula is C21H30N6O. The highest BCUT2D eigenvalue weighted by molar-refractivity contribution is 5.46. The summed E-state index contributed by atoms with van der Waals surface area (Å²) in [4.78, 5) is 15.4. The quantitative estimate of drug-likeness (QED) is 0.794. The van der Waals surface area contributed by atoms with Crippen molar-refractivity contribution in [1.82, 2.24) is 19.8 Å². The minimum Gasteiger partial charge on any atom is -0.390 e. The number of β-amino-alcohol motifs (C(OH)–C–C–N with tert-alkyl or cyclic N) is 1. The van der Waals surface area contributed by atoms with Crippen LogP contribution in [0, 0.1) is 0 Å². The van der Waals surface area contributed by atoms with Crippen LogP contribution in [-0.2, 0) is 6.42 Å². The first-order chi connectivity index (χ1) is 13.7. The Morgan fingerprint density at radius 1 is 1.04 bits per heavy atom. The van der Waals surface area contributed by atoms with E-state index in [0.717, 1.165) is 57.9 Å². The number of nitrogen functional groups attached to an aromatic ring is 1. The summed E-state index contributed by atoms with van der Waals surface area (Å²) < 4.78 is 0. The lowest BCUT2D eigenvalue weighted by molar-refractivity contribution is 0.00967. The maximum absolute atomic E-state index is 10.8. The molecule has 3 heterocycles. The van der Waals surface area contributed by atoms with E-state index in [4.69, 9.17) is 5.73 Å². The molecule has 7 heteroatoms. The SMILES string of the molecule is Nc1cc(N2CC[C@H](N3CCN(CCc4ccccc4)CC3)[C@@H](O)C2)ncn1. The summed E-state index contributed by atoms with van der Waals surface area (Å²) in [5.41, 5.74) is 7.17. The van der Waals surface area contributed by atoms with Gasteiger partial charge in [0, 0.05) is 57.9 Å². The van der Waals surface area contributed by atoms with Crippen LogP contribution in [0.2, 0.25) is 0 Å². The highest BCUT2D eigenvalue weighted by atomic mass is 16.3. The number of aliphatic hydroxyl groups is 1. The minimum atomic E-state index is -0.374. The molecule has 28 heavy (non-hydrogen) atoms. The molecule has 0 unspecified atom stereocenters. The Balaban J connectivity index is 1.25. The zero-order valence-electron chi connectivity index (χ0n) is 16.3. The molecule has 2 atom stereocenters. The van der Waals surface area contributed by atoms with Gasteiger partial charge in [0.05, 0.1) is 6.10 Å². The smallest absolute Gasteiger partial charge is 0.134 e. The van der Waals surface area contributed by atoms with E-state index in [-0.39, 0.29) is 12.1 Å². The summed E-state index contributed by atoms with van der Waals surface area (Å²) >= 11 is 0. The van der Waals surface area contributed by atoms with Crippen molar-refractivity contribution in [2.75, 3.05) is 56.4 Å². The van der Waals surface area contributed by atoms with E-state index in [9.17, 15) is 5.11 Å². The number of hydrogen-bond acceptors (Lipinski definition) is 7. The number of rotatable bonds is 5. The van der Waals surface area contributed by atoms with E-state index in [1.807, 2.05) is 0 Å². The number of nitrogens with zero attached hydrogens (tertiary/aromatic N) is 5. The number of nitrogens with two attached hydrogens (primary N) is 1. The van der Waals surface area contributed by atoms with Crippen molar-refractivity contribution in [3.8, 4) is 0 Å². The molecule has 2 aliphatic rings. The standard InChI is InChI=1S/C21H30N6O/c22-20-14-21(24-16-23-20)27-9-7-18(19(28)15-27)26-12-10-25(11-13-26)8-6-17-4-2-1-3-5-17/h1-5,14,16,18-19,28H,6-13,15H2,(H2,22,23,24)/t18-,19-/m0/s1. The van der Waals surface area contributed by atoms with Crippen molar-refractivity contribution in [2.24, 2.45) is 0 Å². The van der Waals surface area contributed by atoms with Gasteiger partial charge in [-0.1, -0.05) is 30.3 Å². The van der Waals surface area contributed by atoms with Gasteiger partial charge in [0.15, 0.2) is 0 Å². The molecule has 4 rings (SSSR count). The summed E-state index contributed by atoms with van der Waals surface area (Å²) in [6.07, 6.45) is 3.15. The fourth-order valence-electron chi connectivity index (χ4n) is 4.34. The molecular weight excluding hydrogens is 352 g/mol. The molecule has 1 aromatic carbocycles. The van der Waals surface area contributed by atoms with Crippen LogP contribution in [-0.4, -0.2) is 82.8 Å². The normalized spacial score (nSPS) is 24.4. The van der Waals surface area contributed by atoms with Crippen molar-refractivity contribution in [1.29, 1.82) is 0 Å². The third-order valence-electron chi connectivity index (χ3n) is 5.98. The summed E-state index contributed by atoms with van der Waals surface area (Å²) in [7, 11) is 0. The van der Waals surface area contributed by atoms with E-state index >= 15 is 0 Å². The van der Waals surface area contributed by atoms with Crippen molar-refractivity contribution in [3.63, 3.8) is 0 Å². The molecule has 0 bridgehead atoms. The van der Waals surface area contributed by atoms with Gasteiger partial charge < -0.3 is 20.6 Å². The van der Waals surface area contributed by atoms with Crippen LogP contribution in [0.15, 0.2) is 42.7 Å². The molecule has 0 saturated carbocycles. The van der Waals surface area contributed by atoms with Gasteiger partial charge in [-0.25, -0.2) is 9.97 Å². The summed E-state index contributed by atoms with van der Waals surface area (Å²) in [6.45, 7) is 6.77. The second-order valence-electron chi connectivity index (χ2n) is 7.78. The fourth-order valence-corrected chi connectivity index (χ4v) is 4.34. The Bertz CT molecular complexity index is 750. The van der Waals surface area contributed by atoms with Crippen molar-refractivity contribution >= 4 is 11.6 Å². The first-order valence-corrected chi connectivity index (χ1v) is 10.2. The Morgan fingerprint density at radius 2 is 1.82 bits per heavy atom. The van der Waals surface area contributed by atoms with Crippen LogP contribution in [0.25, 0.3) is 0 Å². The Morgan fingerprint density at radius 3 is 2.54 bits per heavy atom. The zero-order valence-corrected chi connectivity index (χ0v) is 16.3. The molecule has 1 aromatic heterocycles. The van der Waals surface area contributed by atoms with Crippen molar-refractivity contribution < 1.29 is 5.11 Å². The summed E-state index contributed by atoms with van der Waals surface area (Å²) in [6, 6.07) is 12.7. The number of hydrogen-bond donors (Lipinski definition) is 2. The Hall–Kier alpha value is -2.22. The first-order valence-electron chi connectivity index (χ1n) is 10.2. The van der Waals surface area contributed by atoms with Crippen LogP contribution in [0.1, 0.15) is 12.0 Å². The number of aromatic nitrogens is 2. The molecule has 0 amide bonds. The predicted molar refractivity (Wildman–Crippen MR) is 111 cm³/mol. The predicted octanol–water partition coefficient (Wildman–Crippen LogP) is 0.859. The lowest BCUT2D eigenvalue weighted by atomic mass is 9.99.